The SMILES string of the molecule is Fc1ccc2cc(C(Cl)c3ccccc3)sc2c1. The number of benzene rings is 2. The molecule has 90 valence electrons. The fourth-order valence-corrected chi connectivity index (χ4v) is 3.37. The lowest BCUT2D eigenvalue weighted by Crippen LogP contribution is -1.88. The smallest absolute Gasteiger partial charge is 0.124 e. The first-order valence-corrected chi connectivity index (χ1v) is 6.87. The molecule has 18 heavy (non-hydrogen) atoms. The van der Waals surface area contributed by atoms with Gasteiger partial charge in [-0.05, 0) is 29.1 Å². The van der Waals surface area contributed by atoms with Crippen LogP contribution in [0.15, 0.2) is 54.6 Å². The molecule has 0 nitrogen and oxygen atoms in total. The van der Waals surface area contributed by atoms with E-state index in [1.807, 2.05) is 36.4 Å². The molecule has 0 spiro atoms. The van der Waals surface area contributed by atoms with E-state index < -0.39 is 0 Å². The molecule has 2 aromatic carbocycles. The highest BCUT2D eigenvalue weighted by Crippen LogP contribution is 2.37. The van der Waals surface area contributed by atoms with Gasteiger partial charge in [-0.2, -0.15) is 0 Å². The van der Waals surface area contributed by atoms with Crippen molar-refractivity contribution in [3.8, 4) is 0 Å². The lowest BCUT2D eigenvalue weighted by molar-refractivity contribution is 0.630. The zero-order valence-electron chi connectivity index (χ0n) is 9.44. The molecule has 1 aromatic heterocycles. The zero-order valence-corrected chi connectivity index (χ0v) is 11.0. The second-order valence-corrected chi connectivity index (χ2v) is 5.66. The van der Waals surface area contributed by atoms with Gasteiger partial charge in [0.2, 0.25) is 0 Å². The average molecular weight is 277 g/mol. The Hall–Kier alpha value is -1.38. The van der Waals surface area contributed by atoms with Crippen LogP contribution in [0.4, 0.5) is 4.39 Å². The summed E-state index contributed by atoms with van der Waals surface area (Å²) in [5.41, 5.74) is 1.06. The molecule has 0 amide bonds. The van der Waals surface area contributed by atoms with Crippen LogP contribution in [-0.2, 0) is 0 Å². The van der Waals surface area contributed by atoms with Crippen LogP contribution in [0.1, 0.15) is 15.8 Å². The van der Waals surface area contributed by atoms with Gasteiger partial charge in [0, 0.05) is 9.58 Å². The molecule has 0 saturated carbocycles. The summed E-state index contributed by atoms with van der Waals surface area (Å²) in [5.74, 6) is -0.207. The van der Waals surface area contributed by atoms with Crippen LogP contribution in [0.2, 0.25) is 0 Å². The molecule has 1 heterocycles. The molecule has 0 N–H and O–H groups in total. The van der Waals surface area contributed by atoms with Gasteiger partial charge < -0.3 is 0 Å². The zero-order chi connectivity index (χ0) is 12.5. The number of alkyl halides is 1. The van der Waals surface area contributed by atoms with E-state index in [0.29, 0.717) is 0 Å². The summed E-state index contributed by atoms with van der Waals surface area (Å²) >= 11 is 8.00. The van der Waals surface area contributed by atoms with Gasteiger partial charge in [0.05, 0.1) is 5.38 Å². The van der Waals surface area contributed by atoms with Crippen molar-refractivity contribution in [2.75, 3.05) is 0 Å². The summed E-state index contributed by atoms with van der Waals surface area (Å²) in [6.45, 7) is 0. The predicted molar refractivity (Wildman–Crippen MR) is 75.9 cm³/mol. The highest BCUT2D eigenvalue weighted by molar-refractivity contribution is 7.19. The quantitative estimate of drug-likeness (QED) is 0.552. The number of hydrogen-bond donors (Lipinski definition) is 0. The lowest BCUT2D eigenvalue weighted by Gasteiger charge is -2.06. The molecule has 0 aliphatic carbocycles. The summed E-state index contributed by atoms with van der Waals surface area (Å²) in [7, 11) is 0. The first-order chi connectivity index (χ1) is 8.74. The highest BCUT2D eigenvalue weighted by atomic mass is 35.5. The van der Waals surface area contributed by atoms with Gasteiger partial charge in [-0.1, -0.05) is 36.4 Å². The van der Waals surface area contributed by atoms with Crippen molar-refractivity contribution in [2.24, 2.45) is 0 Å². The van der Waals surface area contributed by atoms with Crippen molar-refractivity contribution in [3.05, 3.63) is 70.9 Å². The molecule has 0 radical (unpaired) electrons. The van der Waals surface area contributed by atoms with E-state index in [4.69, 9.17) is 11.6 Å². The second kappa shape index (κ2) is 4.71. The summed E-state index contributed by atoms with van der Waals surface area (Å²) in [6, 6.07) is 16.8. The van der Waals surface area contributed by atoms with Crippen LogP contribution >= 0.6 is 22.9 Å². The van der Waals surface area contributed by atoms with Crippen molar-refractivity contribution in [2.45, 2.75) is 5.38 Å². The van der Waals surface area contributed by atoms with E-state index in [0.717, 1.165) is 20.5 Å². The third-order valence-corrected chi connectivity index (χ3v) is 4.62. The Bertz CT molecular complexity index is 675. The minimum Gasteiger partial charge on any atom is -0.207 e. The lowest BCUT2D eigenvalue weighted by atomic mass is 10.1. The minimum absolute atomic E-state index is 0.174. The van der Waals surface area contributed by atoms with Crippen LogP contribution in [0.25, 0.3) is 10.1 Å². The standard InChI is InChI=1S/C15H10ClFS/c16-15(10-4-2-1-3-5-10)14-8-11-6-7-12(17)9-13(11)18-14/h1-9,15H. The number of fused-ring (bicyclic) bond motifs is 1. The monoisotopic (exact) mass is 276 g/mol. The van der Waals surface area contributed by atoms with Crippen molar-refractivity contribution in [1.29, 1.82) is 0 Å². The number of thiophene rings is 1. The Kier molecular flexibility index (Phi) is 3.06. The maximum absolute atomic E-state index is 13.1. The third-order valence-electron chi connectivity index (χ3n) is 2.84. The van der Waals surface area contributed by atoms with E-state index in [-0.39, 0.29) is 11.2 Å². The molecule has 0 aliphatic heterocycles. The third kappa shape index (κ3) is 2.14. The first-order valence-electron chi connectivity index (χ1n) is 5.62. The van der Waals surface area contributed by atoms with E-state index in [1.165, 1.54) is 6.07 Å². The predicted octanol–water partition coefficient (Wildman–Crippen LogP) is 5.37. The maximum atomic E-state index is 13.1. The number of hydrogen-bond acceptors (Lipinski definition) is 1. The molecule has 0 saturated heterocycles. The molecular formula is C15H10ClFS. The molecule has 1 unspecified atom stereocenters. The average Bonchev–Trinajstić information content (AvgIpc) is 2.81. The Labute approximate surface area is 114 Å². The molecule has 0 aliphatic rings. The van der Waals surface area contributed by atoms with Gasteiger partial charge in [-0.3, -0.25) is 0 Å². The Morgan fingerprint density at radius 2 is 1.78 bits per heavy atom. The molecule has 3 aromatic rings. The fraction of sp³-hybridized carbons (Fsp3) is 0.0667. The summed E-state index contributed by atoms with van der Waals surface area (Å²) in [4.78, 5) is 1.04. The molecule has 0 fully saturated rings. The molecule has 1 atom stereocenters. The van der Waals surface area contributed by atoms with Gasteiger partial charge in [-0.15, -0.1) is 22.9 Å². The van der Waals surface area contributed by atoms with E-state index in [9.17, 15) is 4.39 Å². The summed E-state index contributed by atoms with van der Waals surface area (Å²) < 4.78 is 14.1. The topological polar surface area (TPSA) is 0 Å². The Balaban J connectivity index is 2.04. The molecule has 3 rings (SSSR count). The van der Waals surface area contributed by atoms with Crippen molar-refractivity contribution >= 4 is 33.0 Å². The van der Waals surface area contributed by atoms with E-state index in [2.05, 4.69) is 0 Å². The van der Waals surface area contributed by atoms with E-state index >= 15 is 0 Å². The molecule has 3 heteroatoms. The van der Waals surface area contributed by atoms with Gasteiger partial charge in [-0.25, -0.2) is 4.39 Å². The van der Waals surface area contributed by atoms with Crippen LogP contribution in [0.3, 0.4) is 0 Å². The van der Waals surface area contributed by atoms with Crippen LogP contribution < -0.4 is 0 Å². The van der Waals surface area contributed by atoms with Gasteiger partial charge in [0.1, 0.15) is 5.82 Å². The van der Waals surface area contributed by atoms with Crippen LogP contribution in [0.5, 0.6) is 0 Å². The van der Waals surface area contributed by atoms with Crippen molar-refractivity contribution < 1.29 is 4.39 Å². The summed E-state index contributed by atoms with van der Waals surface area (Å²) in [5, 5.41) is 0.865. The van der Waals surface area contributed by atoms with Crippen molar-refractivity contribution in [3.63, 3.8) is 0 Å². The maximum Gasteiger partial charge on any atom is 0.124 e. The normalized spacial score (nSPS) is 12.8. The van der Waals surface area contributed by atoms with Gasteiger partial charge in [0.15, 0.2) is 0 Å². The van der Waals surface area contributed by atoms with Gasteiger partial charge >= 0.3 is 0 Å². The van der Waals surface area contributed by atoms with E-state index in [1.54, 1.807) is 23.5 Å². The van der Waals surface area contributed by atoms with Crippen molar-refractivity contribution in [1.82, 2.24) is 0 Å². The fourth-order valence-electron chi connectivity index (χ4n) is 1.94. The Morgan fingerprint density at radius 1 is 1.00 bits per heavy atom. The largest absolute Gasteiger partial charge is 0.207 e. The van der Waals surface area contributed by atoms with Gasteiger partial charge in [0.25, 0.3) is 0 Å². The highest BCUT2D eigenvalue weighted by Gasteiger charge is 2.13. The molecular weight excluding hydrogens is 267 g/mol. The first kappa shape index (κ1) is 11.7. The summed E-state index contributed by atoms with van der Waals surface area (Å²) in [6.07, 6.45) is 0. The second-order valence-electron chi connectivity index (χ2n) is 4.10. The Morgan fingerprint density at radius 3 is 2.56 bits per heavy atom. The van der Waals surface area contributed by atoms with Crippen LogP contribution in [0, 0.1) is 5.82 Å². The number of halogens is 2. The molecule has 0 bridgehead atoms. The minimum atomic E-state index is -0.207. The number of rotatable bonds is 2. The van der Waals surface area contributed by atoms with Crippen LogP contribution in [-0.4, -0.2) is 0 Å².